The lowest BCUT2D eigenvalue weighted by Gasteiger charge is -2.06. The molecule has 0 atom stereocenters. The minimum absolute atomic E-state index is 0.269. The molecule has 0 saturated heterocycles. The molecule has 1 rings (SSSR count). The van der Waals surface area contributed by atoms with Crippen LogP contribution in [0.25, 0.3) is 0 Å². The lowest BCUT2D eigenvalue weighted by Crippen LogP contribution is -2.35. The zero-order valence-corrected chi connectivity index (χ0v) is 9.80. The Morgan fingerprint density at radius 2 is 2.14 bits per heavy atom. The number of hydrogen-bond donors (Lipinski definition) is 1. The van der Waals surface area contributed by atoms with Gasteiger partial charge in [-0.05, 0) is 28.3 Å². The van der Waals surface area contributed by atoms with Crippen LogP contribution in [0.1, 0.15) is 20.3 Å². The molecule has 0 aliphatic heterocycles. The number of H-pyrrole nitrogens is 1. The molecule has 0 saturated carbocycles. The van der Waals surface area contributed by atoms with Crippen LogP contribution in [0, 0.1) is 5.92 Å². The van der Waals surface area contributed by atoms with Crippen molar-refractivity contribution in [2.24, 2.45) is 5.92 Å². The van der Waals surface area contributed by atoms with Gasteiger partial charge in [-0.25, -0.2) is 4.79 Å². The van der Waals surface area contributed by atoms with Crippen LogP contribution >= 0.6 is 15.9 Å². The third-order valence-corrected chi connectivity index (χ3v) is 2.52. The Labute approximate surface area is 90.1 Å². The summed E-state index contributed by atoms with van der Waals surface area (Å²) in [6.07, 6.45) is 2.19. The number of halogens is 1. The molecular weight excluding hydrogens is 248 g/mol. The van der Waals surface area contributed by atoms with Gasteiger partial charge in [0.1, 0.15) is 0 Å². The molecule has 5 heteroatoms. The first-order chi connectivity index (χ1) is 6.52. The second-order valence-corrected chi connectivity index (χ2v) is 4.44. The van der Waals surface area contributed by atoms with Crippen LogP contribution in [-0.2, 0) is 6.54 Å². The Kier molecular flexibility index (Phi) is 3.69. The van der Waals surface area contributed by atoms with Crippen molar-refractivity contribution in [1.82, 2.24) is 9.55 Å². The number of rotatable bonds is 3. The highest BCUT2D eigenvalue weighted by Gasteiger charge is 2.05. The number of nitrogens with one attached hydrogen (secondary N) is 1. The molecular formula is C9H13BrN2O2. The molecule has 78 valence electrons. The van der Waals surface area contributed by atoms with Gasteiger partial charge in [0.15, 0.2) is 0 Å². The summed E-state index contributed by atoms with van der Waals surface area (Å²) in [5, 5.41) is 0. The third kappa shape index (κ3) is 2.57. The summed E-state index contributed by atoms with van der Waals surface area (Å²) in [6, 6.07) is 0. The van der Waals surface area contributed by atoms with Gasteiger partial charge in [0.25, 0.3) is 5.56 Å². The van der Waals surface area contributed by atoms with E-state index in [-0.39, 0.29) is 11.2 Å². The Morgan fingerprint density at radius 1 is 1.50 bits per heavy atom. The van der Waals surface area contributed by atoms with Crippen molar-refractivity contribution in [2.75, 3.05) is 0 Å². The Bertz CT molecular complexity index is 420. The van der Waals surface area contributed by atoms with E-state index in [4.69, 9.17) is 0 Å². The Hall–Kier alpha value is -0.840. The molecule has 1 N–H and O–H groups in total. The average molecular weight is 261 g/mol. The minimum atomic E-state index is -0.348. The number of nitrogens with zero attached hydrogens (tertiary/aromatic N) is 1. The molecule has 0 unspecified atom stereocenters. The summed E-state index contributed by atoms with van der Waals surface area (Å²) in [5.74, 6) is 0.472. The smallest absolute Gasteiger partial charge is 0.313 e. The highest BCUT2D eigenvalue weighted by molar-refractivity contribution is 9.10. The molecule has 4 nitrogen and oxygen atoms in total. The first-order valence-electron chi connectivity index (χ1n) is 4.50. The maximum atomic E-state index is 11.5. The van der Waals surface area contributed by atoms with E-state index in [9.17, 15) is 9.59 Å². The van der Waals surface area contributed by atoms with Crippen molar-refractivity contribution in [3.05, 3.63) is 31.5 Å². The molecule has 1 heterocycles. The van der Waals surface area contributed by atoms with Crippen LogP contribution in [0.5, 0.6) is 0 Å². The lowest BCUT2D eigenvalue weighted by atomic mass is 10.1. The van der Waals surface area contributed by atoms with Crippen molar-refractivity contribution >= 4 is 15.9 Å². The fourth-order valence-electron chi connectivity index (χ4n) is 1.08. The van der Waals surface area contributed by atoms with Gasteiger partial charge in [-0.2, -0.15) is 0 Å². The summed E-state index contributed by atoms with van der Waals surface area (Å²) < 4.78 is 1.60. The fourth-order valence-corrected chi connectivity index (χ4v) is 1.40. The summed E-state index contributed by atoms with van der Waals surface area (Å²) in [5.41, 5.74) is -0.617. The molecule has 0 aliphatic rings. The largest absolute Gasteiger partial charge is 0.328 e. The number of aromatic amines is 1. The molecule has 0 bridgehead atoms. The van der Waals surface area contributed by atoms with E-state index in [0.717, 1.165) is 6.42 Å². The average Bonchev–Trinajstić information content (AvgIpc) is 2.11. The van der Waals surface area contributed by atoms with Crippen LogP contribution < -0.4 is 11.2 Å². The molecule has 14 heavy (non-hydrogen) atoms. The summed E-state index contributed by atoms with van der Waals surface area (Å²) in [6.45, 7) is 4.57. The fraction of sp³-hybridized carbons (Fsp3) is 0.556. The zero-order chi connectivity index (χ0) is 10.7. The quantitative estimate of drug-likeness (QED) is 0.892. The van der Waals surface area contributed by atoms with Crippen LogP contribution in [0.15, 0.2) is 20.3 Å². The van der Waals surface area contributed by atoms with E-state index in [1.807, 2.05) is 0 Å². The maximum Gasteiger partial charge on any atom is 0.328 e. The molecule has 1 aromatic heterocycles. The van der Waals surface area contributed by atoms with Gasteiger partial charge in [-0.15, -0.1) is 0 Å². The van der Waals surface area contributed by atoms with Crippen LogP contribution in [0.3, 0.4) is 0 Å². The van der Waals surface area contributed by atoms with E-state index in [1.165, 1.54) is 10.8 Å². The first kappa shape index (κ1) is 11.2. The number of aromatic nitrogens is 2. The van der Waals surface area contributed by atoms with Crippen molar-refractivity contribution < 1.29 is 0 Å². The van der Waals surface area contributed by atoms with Crippen LogP contribution in [-0.4, -0.2) is 9.55 Å². The third-order valence-electron chi connectivity index (χ3n) is 1.95. The summed E-state index contributed by atoms with van der Waals surface area (Å²) in [7, 11) is 0. The predicted molar refractivity (Wildman–Crippen MR) is 58.5 cm³/mol. The van der Waals surface area contributed by atoms with E-state index in [2.05, 4.69) is 34.8 Å². The molecule has 0 radical (unpaired) electrons. The molecule has 1 aromatic rings. The van der Waals surface area contributed by atoms with E-state index in [0.29, 0.717) is 16.9 Å². The van der Waals surface area contributed by atoms with Crippen molar-refractivity contribution in [3.8, 4) is 0 Å². The zero-order valence-electron chi connectivity index (χ0n) is 8.21. The Morgan fingerprint density at radius 3 is 2.71 bits per heavy atom. The molecule has 0 aromatic carbocycles. The first-order valence-corrected chi connectivity index (χ1v) is 5.29. The van der Waals surface area contributed by atoms with Gasteiger partial charge in [0.05, 0.1) is 4.47 Å². The monoisotopic (exact) mass is 260 g/mol. The van der Waals surface area contributed by atoms with E-state index >= 15 is 0 Å². The van der Waals surface area contributed by atoms with Gasteiger partial charge in [0.2, 0.25) is 0 Å². The Balaban J connectivity index is 3.02. The van der Waals surface area contributed by atoms with Gasteiger partial charge in [-0.1, -0.05) is 13.8 Å². The highest BCUT2D eigenvalue weighted by Crippen LogP contribution is 2.01. The van der Waals surface area contributed by atoms with Crippen LogP contribution in [0.4, 0.5) is 0 Å². The van der Waals surface area contributed by atoms with Crippen LogP contribution in [0.2, 0.25) is 0 Å². The van der Waals surface area contributed by atoms with Crippen molar-refractivity contribution in [2.45, 2.75) is 26.8 Å². The second-order valence-electron chi connectivity index (χ2n) is 3.58. The summed E-state index contributed by atoms with van der Waals surface area (Å²) in [4.78, 5) is 25.3. The standard InChI is InChI=1S/C9H13BrN2O2/c1-6(2)3-4-12-8(13)7(10)5-11-9(12)14/h5-6H,3-4H2,1-2H3,(H,11,14). The number of hydrogen-bond acceptors (Lipinski definition) is 2. The second kappa shape index (κ2) is 4.59. The van der Waals surface area contributed by atoms with Crippen molar-refractivity contribution in [3.63, 3.8) is 0 Å². The van der Waals surface area contributed by atoms with Gasteiger partial charge >= 0.3 is 5.69 Å². The topological polar surface area (TPSA) is 54.9 Å². The lowest BCUT2D eigenvalue weighted by molar-refractivity contribution is 0.493. The molecule has 0 amide bonds. The molecule has 0 spiro atoms. The molecule has 0 aliphatic carbocycles. The SMILES string of the molecule is CC(C)CCn1c(=O)[nH]cc(Br)c1=O. The maximum absolute atomic E-state index is 11.5. The highest BCUT2D eigenvalue weighted by atomic mass is 79.9. The van der Waals surface area contributed by atoms with Gasteiger partial charge in [0, 0.05) is 12.7 Å². The van der Waals surface area contributed by atoms with Crippen molar-refractivity contribution in [1.29, 1.82) is 0 Å². The minimum Gasteiger partial charge on any atom is -0.313 e. The van der Waals surface area contributed by atoms with Gasteiger partial charge < -0.3 is 4.98 Å². The normalized spacial score (nSPS) is 10.9. The van der Waals surface area contributed by atoms with E-state index in [1.54, 1.807) is 0 Å². The summed E-state index contributed by atoms with van der Waals surface area (Å²) >= 11 is 3.08. The molecule has 0 fully saturated rings. The predicted octanol–water partition coefficient (Wildman–Crippen LogP) is 1.35. The van der Waals surface area contributed by atoms with Gasteiger partial charge in [-0.3, -0.25) is 9.36 Å². The van der Waals surface area contributed by atoms with E-state index < -0.39 is 0 Å².